The van der Waals surface area contributed by atoms with E-state index in [9.17, 15) is 4.79 Å². The Bertz CT molecular complexity index is 420. The number of nitrogens with zero attached hydrogens (tertiary/aromatic N) is 1. The van der Waals surface area contributed by atoms with E-state index in [1.807, 2.05) is 0 Å². The molecule has 1 heterocycles. The van der Waals surface area contributed by atoms with E-state index in [2.05, 4.69) is 24.7 Å². The molecule has 0 N–H and O–H groups in total. The zero-order valence-electron chi connectivity index (χ0n) is 11.0. The summed E-state index contributed by atoms with van der Waals surface area (Å²) in [6.45, 7) is 10.1. The topological polar surface area (TPSA) is 48.4 Å². The predicted molar refractivity (Wildman–Crippen MR) is 72.3 cm³/mol. The maximum atomic E-state index is 11.6. The van der Waals surface area contributed by atoms with Crippen molar-refractivity contribution in [2.24, 2.45) is 0 Å². The number of carbonyl (C=O) groups is 1. The molecule has 18 heavy (non-hydrogen) atoms. The Kier molecular flexibility index (Phi) is 5.58. The average Bonchev–Trinajstić information content (AvgIpc) is 2.36. The molecule has 5 heteroatoms. The summed E-state index contributed by atoms with van der Waals surface area (Å²) in [4.78, 5) is 15.5. The third-order valence-electron chi connectivity index (χ3n) is 2.27. The Balaban J connectivity index is 2.81. The van der Waals surface area contributed by atoms with E-state index >= 15 is 0 Å². The summed E-state index contributed by atoms with van der Waals surface area (Å²) in [7, 11) is -0.648. The van der Waals surface area contributed by atoms with Crippen molar-refractivity contribution in [3.05, 3.63) is 36.7 Å². The molecule has 1 aromatic heterocycles. The molecule has 0 spiro atoms. The minimum atomic E-state index is -0.648. The molecule has 4 nitrogen and oxygen atoms in total. The summed E-state index contributed by atoms with van der Waals surface area (Å²) in [5, 5.41) is 0. The lowest BCUT2D eigenvalue weighted by molar-refractivity contribution is 0.0525. The SMILES string of the molecule is C=CC(Oc1cncc(C(=O)OCC)c1)[Si](C)C. The second-order valence-electron chi connectivity index (χ2n) is 3.98. The van der Waals surface area contributed by atoms with Gasteiger partial charge in [0, 0.05) is 6.20 Å². The number of hydrogen-bond donors (Lipinski definition) is 0. The summed E-state index contributed by atoms with van der Waals surface area (Å²) in [6.07, 6.45) is 4.84. The Labute approximate surface area is 109 Å². The first-order chi connectivity index (χ1) is 8.58. The van der Waals surface area contributed by atoms with Crippen LogP contribution in [0.5, 0.6) is 5.75 Å². The predicted octanol–water partition coefficient (Wildman–Crippen LogP) is 2.49. The van der Waals surface area contributed by atoms with Crippen LogP contribution in [0.2, 0.25) is 13.1 Å². The van der Waals surface area contributed by atoms with Crippen LogP contribution >= 0.6 is 0 Å². The number of ether oxygens (including phenoxy) is 2. The molecule has 0 amide bonds. The zero-order valence-corrected chi connectivity index (χ0v) is 12.0. The van der Waals surface area contributed by atoms with Crippen molar-refractivity contribution in [3.8, 4) is 5.75 Å². The second-order valence-corrected chi connectivity index (χ2v) is 6.71. The first-order valence-corrected chi connectivity index (χ1v) is 8.37. The third-order valence-corrected chi connectivity index (χ3v) is 3.76. The van der Waals surface area contributed by atoms with Gasteiger partial charge in [-0.1, -0.05) is 25.7 Å². The zero-order chi connectivity index (χ0) is 13.5. The highest BCUT2D eigenvalue weighted by atomic mass is 28.3. The molecule has 1 rings (SSSR count). The fourth-order valence-corrected chi connectivity index (χ4v) is 2.20. The lowest BCUT2D eigenvalue weighted by Gasteiger charge is -2.17. The molecule has 0 fully saturated rings. The van der Waals surface area contributed by atoms with E-state index in [0.29, 0.717) is 17.9 Å². The summed E-state index contributed by atoms with van der Waals surface area (Å²) >= 11 is 0. The van der Waals surface area contributed by atoms with Crippen molar-refractivity contribution in [2.75, 3.05) is 6.61 Å². The van der Waals surface area contributed by atoms with E-state index in [-0.39, 0.29) is 11.7 Å². The number of aromatic nitrogens is 1. The minimum Gasteiger partial charge on any atom is -0.489 e. The molecule has 0 bridgehead atoms. The maximum absolute atomic E-state index is 11.6. The van der Waals surface area contributed by atoms with Crippen LogP contribution in [0.3, 0.4) is 0 Å². The summed E-state index contributed by atoms with van der Waals surface area (Å²) in [6, 6.07) is 1.65. The van der Waals surface area contributed by atoms with Gasteiger partial charge in [0.15, 0.2) is 0 Å². The van der Waals surface area contributed by atoms with Gasteiger partial charge in [-0.15, -0.1) is 0 Å². The van der Waals surface area contributed by atoms with Crippen molar-refractivity contribution in [1.82, 2.24) is 4.98 Å². The highest BCUT2D eigenvalue weighted by Crippen LogP contribution is 2.15. The number of carbonyl (C=O) groups excluding carboxylic acids is 1. The Hall–Kier alpha value is -1.62. The molecule has 1 radical (unpaired) electrons. The molecule has 97 valence electrons. The molecule has 0 aromatic carbocycles. The molecule has 1 atom stereocenters. The summed E-state index contributed by atoms with van der Waals surface area (Å²) < 4.78 is 10.7. The van der Waals surface area contributed by atoms with Gasteiger partial charge in [-0.05, 0) is 13.0 Å². The van der Waals surface area contributed by atoms with Crippen molar-refractivity contribution in [1.29, 1.82) is 0 Å². The van der Waals surface area contributed by atoms with Gasteiger partial charge < -0.3 is 9.47 Å². The van der Waals surface area contributed by atoms with E-state index in [1.165, 1.54) is 6.20 Å². The van der Waals surface area contributed by atoms with Gasteiger partial charge >= 0.3 is 5.97 Å². The quantitative estimate of drug-likeness (QED) is 0.450. The number of rotatable bonds is 6. The average molecular weight is 264 g/mol. The largest absolute Gasteiger partial charge is 0.489 e. The summed E-state index contributed by atoms with van der Waals surface area (Å²) in [5.74, 6) is 0.181. The fourth-order valence-electron chi connectivity index (χ4n) is 1.36. The van der Waals surface area contributed by atoms with Crippen LogP contribution in [-0.2, 0) is 4.74 Å². The molecule has 0 aliphatic carbocycles. The van der Waals surface area contributed by atoms with Gasteiger partial charge in [0.2, 0.25) is 0 Å². The molecular weight excluding hydrogens is 246 g/mol. The van der Waals surface area contributed by atoms with Gasteiger partial charge in [0.25, 0.3) is 0 Å². The first kappa shape index (κ1) is 14.4. The van der Waals surface area contributed by atoms with E-state index in [1.54, 1.807) is 25.3 Å². The lowest BCUT2D eigenvalue weighted by Crippen LogP contribution is -2.28. The third kappa shape index (κ3) is 3.99. The fraction of sp³-hybridized carbons (Fsp3) is 0.385. The Morgan fingerprint density at radius 2 is 2.28 bits per heavy atom. The molecular formula is C13H18NO3Si. The minimum absolute atomic E-state index is 0.00533. The van der Waals surface area contributed by atoms with Crippen molar-refractivity contribution < 1.29 is 14.3 Å². The highest BCUT2D eigenvalue weighted by molar-refractivity contribution is 6.57. The first-order valence-electron chi connectivity index (χ1n) is 5.80. The highest BCUT2D eigenvalue weighted by Gasteiger charge is 2.14. The van der Waals surface area contributed by atoms with E-state index in [4.69, 9.17) is 9.47 Å². The van der Waals surface area contributed by atoms with Crippen molar-refractivity contribution in [3.63, 3.8) is 0 Å². The van der Waals surface area contributed by atoms with Gasteiger partial charge in [0.05, 0.1) is 27.2 Å². The number of esters is 1. The van der Waals surface area contributed by atoms with Crippen molar-refractivity contribution in [2.45, 2.75) is 25.7 Å². The van der Waals surface area contributed by atoms with Crippen LogP contribution in [0.4, 0.5) is 0 Å². The number of hydrogen-bond acceptors (Lipinski definition) is 4. The monoisotopic (exact) mass is 264 g/mol. The van der Waals surface area contributed by atoms with Gasteiger partial charge in [0.1, 0.15) is 11.5 Å². The van der Waals surface area contributed by atoms with Crippen LogP contribution in [0.25, 0.3) is 0 Å². The summed E-state index contributed by atoms with van der Waals surface area (Å²) in [5.41, 5.74) is 0.396. The van der Waals surface area contributed by atoms with Crippen LogP contribution < -0.4 is 4.74 Å². The maximum Gasteiger partial charge on any atom is 0.339 e. The molecule has 0 aliphatic heterocycles. The molecule has 0 saturated carbocycles. The molecule has 1 unspecified atom stereocenters. The van der Waals surface area contributed by atoms with Gasteiger partial charge in [-0.2, -0.15) is 0 Å². The van der Waals surface area contributed by atoms with Crippen LogP contribution in [0, 0.1) is 0 Å². The van der Waals surface area contributed by atoms with Crippen LogP contribution in [0.15, 0.2) is 31.1 Å². The smallest absolute Gasteiger partial charge is 0.339 e. The van der Waals surface area contributed by atoms with Gasteiger partial charge in [-0.25, -0.2) is 4.79 Å². The molecule has 1 aromatic rings. The Morgan fingerprint density at radius 3 is 2.83 bits per heavy atom. The lowest BCUT2D eigenvalue weighted by atomic mass is 10.3. The number of pyridine rings is 1. The van der Waals surface area contributed by atoms with E-state index < -0.39 is 8.80 Å². The second kappa shape index (κ2) is 6.96. The Morgan fingerprint density at radius 1 is 1.56 bits per heavy atom. The normalized spacial score (nSPS) is 12.0. The standard InChI is InChI=1S/C13H18NO3Si/c1-5-12(18(3)4)17-11-7-10(8-14-9-11)13(15)16-6-2/h5,7-9,12H,1,6H2,2-4H3. The van der Waals surface area contributed by atoms with Gasteiger partial charge in [-0.3, -0.25) is 4.98 Å². The van der Waals surface area contributed by atoms with Crippen LogP contribution in [-0.4, -0.2) is 32.1 Å². The van der Waals surface area contributed by atoms with E-state index in [0.717, 1.165) is 0 Å². The molecule has 0 aliphatic rings. The molecule has 0 saturated heterocycles. The van der Waals surface area contributed by atoms with Crippen LogP contribution in [0.1, 0.15) is 17.3 Å². The van der Waals surface area contributed by atoms with Crippen molar-refractivity contribution >= 4 is 14.8 Å².